The van der Waals surface area contributed by atoms with Crippen molar-refractivity contribution in [3.05, 3.63) is 35.9 Å². The molecule has 0 aromatic heterocycles. The van der Waals surface area contributed by atoms with E-state index in [0.29, 0.717) is 12.6 Å². The molecule has 0 aliphatic heterocycles. The zero-order chi connectivity index (χ0) is 12.8. The Morgan fingerprint density at radius 3 is 2.78 bits per heavy atom. The molecule has 1 aliphatic rings. The molecule has 0 spiro atoms. The molecule has 0 unspecified atom stereocenters. The van der Waals surface area contributed by atoms with Gasteiger partial charge in [-0.05, 0) is 25.3 Å². The zero-order valence-electron chi connectivity index (χ0n) is 10.7. The predicted octanol–water partition coefficient (Wildman–Crippen LogP) is 2.05. The van der Waals surface area contributed by atoms with Gasteiger partial charge >= 0.3 is 6.09 Å². The minimum Gasteiger partial charge on any atom is -0.445 e. The van der Waals surface area contributed by atoms with Gasteiger partial charge in [0, 0.05) is 18.6 Å². The van der Waals surface area contributed by atoms with Crippen LogP contribution in [0, 0.1) is 0 Å². The maximum absolute atomic E-state index is 11.5. The lowest BCUT2D eigenvalue weighted by Crippen LogP contribution is -2.40. The SMILES string of the molecule is C[C@@H](CNC1CC1)NC(=O)OCc1ccccc1. The number of carbonyl (C=O) groups excluding carboxylic acids is 1. The summed E-state index contributed by atoms with van der Waals surface area (Å²) in [4.78, 5) is 11.5. The average molecular weight is 248 g/mol. The Balaban J connectivity index is 1.61. The minimum atomic E-state index is -0.357. The van der Waals surface area contributed by atoms with Gasteiger partial charge in [-0.25, -0.2) is 4.79 Å². The normalized spacial score (nSPS) is 16.1. The number of ether oxygens (including phenoxy) is 1. The van der Waals surface area contributed by atoms with E-state index in [1.54, 1.807) is 0 Å². The summed E-state index contributed by atoms with van der Waals surface area (Å²) in [6.45, 7) is 3.08. The van der Waals surface area contributed by atoms with Crippen LogP contribution in [0.1, 0.15) is 25.3 Å². The van der Waals surface area contributed by atoms with Crippen LogP contribution in [0.5, 0.6) is 0 Å². The van der Waals surface area contributed by atoms with E-state index in [1.807, 2.05) is 37.3 Å². The van der Waals surface area contributed by atoms with Crippen LogP contribution in [0.2, 0.25) is 0 Å². The van der Waals surface area contributed by atoms with Gasteiger partial charge in [0.05, 0.1) is 0 Å². The van der Waals surface area contributed by atoms with Gasteiger partial charge in [0.25, 0.3) is 0 Å². The van der Waals surface area contributed by atoms with Crippen LogP contribution >= 0.6 is 0 Å². The van der Waals surface area contributed by atoms with Crippen molar-refractivity contribution < 1.29 is 9.53 Å². The highest BCUT2D eigenvalue weighted by Gasteiger charge is 2.21. The van der Waals surface area contributed by atoms with E-state index in [0.717, 1.165) is 12.1 Å². The number of hydrogen-bond acceptors (Lipinski definition) is 3. The summed E-state index contributed by atoms with van der Waals surface area (Å²) in [5.74, 6) is 0. The van der Waals surface area contributed by atoms with E-state index in [-0.39, 0.29) is 12.1 Å². The lowest BCUT2D eigenvalue weighted by Gasteiger charge is -2.14. The molecule has 1 aromatic rings. The van der Waals surface area contributed by atoms with Gasteiger partial charge in [-0.2, -0.15) is 0 Å². The van der Waals surface area contributed by atoms with Gasteiger partial charge in [0.2, 0.25) is 0 Å². The number of amides is 1. The molecule has 1 amide bonds. The van der Waals surface area contributed by atoms with Crippen molar-refractivity contribution in [1.82, 2.24) is 10.6 Å². The van der Waals surface area contributed by atoms with Crippen molar-refractivity contribution in [3.8, 4) is 0 Å². The summed E-state index contributed by atoms with van der Waals surface area (Å²) in [5.41, 5.74) is 0.997. The van der Waals surface area contributed by atoms with Gasteiger partial charge in [0.1, 0.15) is 6.61 Å². The first kappa shape index (κ1) is 12.9. The number of benzene rings is 1. The fourth-order valence-electron chi connectivity index (χ4n) is 1.65. The molecule has 1 atom stereocenters. The monoisotopic (exact) mass is 248 g/mol. The quantitative estimate of drug-likeness (QED) is 0.810. The summed E-state index contributed by atoms with van der Waals surface area (Å²) in [6, 6.07) is 10.4. The number of nitrogens with one attached hydrogen (secondary N) is 2. The molecule has 1 fully saturated rings. The third-order valence-corrected chi connectivity index (χ3v) is 2.87. The highest BCUT2D eigenvalue weighted by atomic mass is 16.5. The van der Waals surface area contributed by atoms with Crippen molar-refractivity contribution in [2.45, 2.75) is 38.5 Å². The van der Waals surface area contributed by atoms with Gasteiger partial charge in [-0.1, -0.05) is 30.3 Å². The molecule has 0 bridgehead atoms. The van der Waals surface area contributed by atoms with Crippen molar-refractivity contribution in [2.24, 2.45) is 0 Å². The zero-order valence-corrected chi connectivity index (χ0v) is 10.7. The van der Waals surface area contributed by atoms with E-state index >= 15 is 0 Å². The third-order valence-electron chi connectivity index (χ3n) is 2.87. The second kappa shape index (κ2) is 6.40. The van der Waals surface area contributed by atoms with Crippen molar-refractivity contribution in [1.29, 1.82) is 0 Å². The lowest BCUT2D eigenvalue weighted by molar-refractivity contribution is 0.136. The topological polar surface area (TPSA) is 50.4 Å². The van der Waals surface area contributed by atoms with Crippen molar-refractivity contribution in [2.75, 3.05) is 6.54 Å². The van der Waals surface area contributed by atoms with E-state index in [4.69, 9.17) is 4.74 Å². The molecule has 0 saturated heterocycles. The van der Waals surface area contributed by atoms with Crippen LogP contribution < -0.4 is 10.6 Å². The summed E-state index contributed by atoms with van der Waals surface area (Å²) in [5, 5.41) is 6.17. The first-order valence-corrected chi connectivity index (χ1v) is 6.44. The predicted molar refractivity (Wildman–Crippen MR) is 70.2 cm³/mol. The fourth-order valence-corrected chi connectivity index (χ4v) is 1.65. The first-order chi connectivity index (χ1) is 8.74. The van der Waals surface area contributed by atoms with Gasteiger partial charge < -0.3 is 15.4 Å². The lowest BCUT2D eigenvalue weighted by atomic mass is 10.2. The maximum Gasteiger partial charge on any atom is 0.407 e. The smallest absolute Gasteiger partial charge is 0.407 e. The molecule has 4 nitrogen and oxygen atoms in total. The molecule has 2 N–H and O–H groups in total. The second-order valence-corrected chi connectivity index (χ2v) is 4.79. The molecule has 0 radical (unpaired) electrons. The Morgan fingerprint density at radius 2 is 2.11 bits per heavy atom. The van der Waals surface area contributed by atoms with Crippen molar-refractivity contribution >= 4 is 6.09 Å². The highest BCUT2D eigenvalue weighted by molar-refractivity contribution is 5.67. The molecule has 1 aliphatic carbocycles. The van der Waals surface area contributed by atoms with E-state index < -0.39 is 0 Å². The third kappa shape index (κ3) is 4.75. The Bertz CT molecular complexity index is 377. The molecule has 1 aromatic carbocycles. The number of rotatable bonds is 6. The van der Waals surface area contributed by atoms with Crippen LogP contribution in [-0.2, 0) is 11.3 Å². The molecule has 4 heteroatoms. The van der Waals surface area contributed by atoms with Crippen LogP contribution in [0.3, 0.4) is 0 Å². The standard InChI is InChI=1S/C14H20N2O2/c1-11(9-15-13-7-8-13)16-14(17)18-10-12-5-3-2-4-6-12/h2-6,11,13,15H,7-10H2,1H3,(H,16,17)/t11-/m0/s1. The molecule has 0 heterocycles. The van der Waals surface area contributed by atoms with Crippen molar-refractivity contribution in [3.63, 3.8) is 0 Å². The number of alkyl carbamates (subject to hydrolysis) is 1. The highest BCUT2D eigenvalue weighted by Crippen LogP contribution is 2.18. The van der Waals surface area contributed by atoms with Crippen LogP contribution in [0.25, 0.3) is 0 Å². The molecular formula is C14H20N2O2. The Kier molecular flexibility index (Phi) is 4.59. The molecule has 2 rings (SSSR count). The van der Waals surface area contributed by atoms with E-state index in [2.05, 4.69) is 10.6 Å². The molecular weight excluding hydrogens is 228 g/mol. The average Bonchev–Trinajstić information content (AvgIpc) is 3.19. The number of hydrogen-bond donors (Lipinski definition) is 2. The van der Waals surface area contributed by atoms with E-state index in [1.165, 1.54) is 12.8 Å². The largest absolute Gasteiger partial charge is 0.445 e. The fraction of sp³-hybridized carbons (Fsp3) is 0.500. The Morgan fingerprint density at radius 1 is 1.39 bits per heavy atom. The summed E-state index contributed by atoms with van der Waals surface area (Å²) < 4.78 is 5.14. The first-order valence-electron chi connectivity index (χ1n) is 6.44. The maximum atomic E-state index is 11.5. The molecule has 98 valence electrons. The molecule has 18 heavy (non-hydrogen) atoms. The number of carbonyl (C=O) groups is 1. The Hall–Kier alpha value is -1.55. The van der Waals surface area contributed by atoms with E-state index in [9.17, 15) is 4.79 Å². The Labute approximate surface area is 108 Å². The van der Waals surface area contributed by atoms with Crippen LogP contribution in [0.4, 0.5) is 4.79 Å². The minimum absolute atomic E-state index is 0.0915. The van der Waals surface area contributed by atoms with Crippen LogP contribution in [0.15, 0.2) is 30.3 Å². The second-order valence-electron chi connectivity index (χ2n) is 4.79. The molecule has 1 saturated carbocycles. The van der Waals surface area contributed by atoms with Crippen LogP contribution in [-0.4, -0.2) is 24.7 Å². The summed E-state index contributed by atoms with van der Waals surface area (Å²) in [6.07, 6.45) is 2.15. The summed E-state index contributed by atoms with van der Waals surface area (Å²) >= 11 is 0. The van der Waals surface area contributed by atoms with Gasteiger partial charge in [0.15, 0.2) is 0 Å². The van der Waals surface area contributed by atoms with Gasteiger partial charge in [-0.15, -0.1) is 0 Å². The van der Waals surface area contributed by atoms with Gasteiger partial charge in [-0.3, -0.25) is 0 Å². The summed E-state index contributed by atoms with van der Waals surface area (Å²) in [7, 11) is 0.